The summed E-state index contributed by atoms with van der Waals surface area (Å²) in [5.74, 6) is 1.48. The number of aromatic amines is 1. The molecule has 1 aliphatic heterocycles. The van der Waals surface area contributed by atoms with Gasteiger partial charge >= 0.3 is 0 Å². The van der Waals surface area contributed by atoms with Gasteiger partial charge in [0.25, 0.3) is 0 Å². The number of aliphatic imine (C=N–C) groups is 1. The van der Waals surface area contributed by atoms with Gasteiger partial charge in [-0.1, -0.05) is 29.8 Å². The van der Waals surface area contributed by atoms with Gasteiger partial charge in [0.2, 0.25) is 0 Å². The molecule has 0 atom stereocenters. The molecule has 0 saturated carbocycles. The highest BCUT2D eigenvalue weighted by atomic mass is 15.1. The monoisotopic (exact) mass is 339 g/mol. The molecule has 0 amide bonds. The van der Waals surface area contributed by atoms with E-state index in [4.69, 9.17) is 9.97 Å². The lowest BCUT2D eigenvalue weighted by Gasteiger charge is -2.10. The van der Waals surface area contributed by atoms with Crippen LogP contribution in [0.5, 0.6) is 0 Å². The largest absolute Gasteiger partial charge is 0.357 e. The van der Waals surface area contributed by atoms with E-state index in [1.807, 2.05) is 30.6 Å². The Hall–Kier alpha value is -3.47. The Kier molecular flexibility index (Phi) is 3.31. The number of fused-ring (bicyclic) bond motifs is 2. The summed E-state index contributed by atoms with van der Waals surface area (Å²) in [4.78, 5) is 17.0. The second kappa shape index (κ2) is 5.81. The fourth-order valence-electron chi connectivity index (χ4n) is 3.26. The van der Waals surface area contributed by atoms with Crippen molar-refractivity contribution in [2.75, 3.05) is 5.32 Å². The van der Waals surface area contributed by atoms with Crippen LogP contribution in [0.15, 0.2) is 59.7 Å². The van der Waals surface area contributed by atoms with E-state index in [-0.39, 0.29) is 0 Å². The summed E-state index contributed by atoms with van der Waals surface area (Å²) >= 11 is 0. The highest BCUT2D eigenvalue weighted by Crippen LogP contribution is 2.28. The Bertz CT molecular complexity index is 1160. The third-order valence-electron chi connectivity index (χ3n) is 4.58. The van der Waals surface area contributed by atoms with E-state index in [0.717, 1.165) is 40.2 Å². The predicted octanol–water partition coefficient (Wildman–Crippen LogP) is 4.61. The van der Waals surface area contributed by atoms with Crippen molar-refractivity contribution in [1.29, 1.82) is 0 Å². The molecule has 2 aromatic heterocycles. The van der Waals surface area contributed by atoms with Gasteiger partial charge in [0.15, 0.2) is 11.6 Å². The zero-order chi connectivity index (χ0) is 17.5. The summed E-state index contributed by atoms with van der Waals surface area (Å²) in [6.07, 6.45) is 3.81. The minimum Gasteiger partial charge on any atom is -0.357 e. The summed E-state index contributed by atoms with van der Waals surface area (Å²) in [6, 6.07) is 16.5. The van der Waals surface area contributed by atoms with Gasteiger partial charge in [0.05, 0.1) is 12.1 Å². The zero-order valence-electron chi connectivity index (χ0n) is 14.3. The van der Waals surface area contributed by atoms with Crippen molar-refractivity contribution in [2.24, 2.45) is 4.99 Å². The first-order valence-electron chi connectivity index (χ1n) is 8.58. The van der Waals surface area contributed by atoms with Crippen LogP contribution in [-0.2, 0) is 6.54 Å². The number of aromatic nitrogens is 3. The maximum atomic E-state index is 4.79. The van der Waals surface area contributed by atoms with E-state index < -0.39 is 0 Å². The number of benzene rings is 2. The van der Waals surface area contributed by atoms with Gasteiger partial charge in [-0.05, 0) is 42.3 Å². The number of aryl methyl sites for hydroxylation is 1. The molecule has 0 radical (unpaired) electrons. The maximum Gasteiger partial charge on any atom is 0.162 e. The summed E-state index contributed by atoms with van der Waals surface area (Å²) in [5, 5.41) is 3.44. The maximum absolute atomic E-state index is 4.79. The molecule has 0 spiro atoms. The third kappa shape index (κ3) is 2.54. The normalized spacial score (nSPS) is 12.5. The highest BCUT2D eigenvalue weighted by Gasteiger charge is 2.12. The van der Waals surface area contributed by atoms with Crippen LogP contribution in [0.1, 0.15) is 16.7 Å². The number of hydrogen-bond acceptors (Lipinski definition) is 4. The fraction of sp³-hybridized carbons (Fsp3) is 0.0952. The molecule has 4 aromatic rings. The molecule has 3 heterocycles. The Labute approximate surface area is 150 Å². The van der Waals surface area contributed by atoms with Crippen molar-refractivity contribution in [2.45, 2.75) is 13.5 Å². The highest BCUT2D eigenvalue weighted by molar-refractivity contribution is 5.91. The topological polar surface area (TPSA) is 66.0 Å². The molecule has 2 aromatic carbocycles. The van der Waals surface area contributed by atoms with Crippen molar-refractivity contribution in [3.63, 3.8) is 0 Å². The van der Waals surface area contributed by atoms with Gasteiger partial charge in [-0.3, -0.25) is 4.99 Å². The minimum absolute atomic E-state index is 0.714. The zero-order valence-corrected chi connectivity index (χ0v) is 14.3. The Morgan fingerprint density at radius 2 is 2.00 bits per heavy atom. The average Bonchev–Trinajstić information content (AvgIpc) is 3.30. The molecule has 0 aliphatic carbocycles. The Morgan fingerprint density at radius 1 is 1.04 bits per heavy atom. The van der Waals surface area contributed by atoms with Crippen LogP contribution in [0.2, 0.25) is 0 Å². The molecule has 5 rings (SSSR count). The van der Waals surface area contributed by atoms with Crippen LogP contribution >= 0.6 is 0 Å². The SMILES string of the molecule is Cc1cccc(-c2nc(Nc3ccc4c(c3)C=NC4)c3[nH]ccc3n2)c1. The molecule has 5 nitrogen and oxygen atoms in total. The second-order valence-electron chi connectivity index (χ2n) is 6.51. The number of nitrogens with one attached hydrogen (secondary N) is 2. The van der Waals surface area contributed by atoms with Crippen LogP contribution in [0, 0.1) is 6.92 Å². The summed E-state index contributed by atoms with van der Waals surface area (Å²) < 4.78 is 0. The van der Waals surface area contributed by atoms with Crippen molar-refractivity contribution >= 4 is 28.8 Å². The first kappa shape index (κ1) is 14.8. The first-order valence-corrected chi connectivity index (χ1v) is 8.58. The van der Waals surface area contributed by atoms with E-state index in [1.165, 1.54) is 11.1 Å². The summed E-state index contributed by atoms with van der Waals surface area (Å²) in [5.41, 5.74) is 7.39. The number of H-pyrrole nitrogens is 1. The summed E-state index contributed by atoms with van der Waals surface area (Å²) in [7, 11) is 0. The molecule has 0 unspecified atom stereocenters. The quantitative estimate of drug-likeness (QED) is 0.573. The molecule has 1 aliphatic rings. The Balaban J connectivity index is 1.60. The van der Waals surface area contributed by atoms with Crippen LogP contribution in [0.3, 0.4) is 0 Å². The molecule has 0 bridgehead atoms. The smallest absolute Gasteiger partial charge is 0.162 e. The third-order valence-corrected chi connectivity index (χ3v) is 4.58. The summed E-state index contributed by atoms with van der Waals surface area (Å²) in [6.45, 7) is 2.84. The molecular weight excluding hydrogens is 322 g/mol. The van der Waals surface area contributed by atoms with E-state index >= 15 is 0 Å². The van der Waals surface area contributed by atoms with E-state index in [2.05, 4.69) is 52.5 Å². The van der Waals surface area contributed by atoms with Gasteiger partial charge in [-0.25, -0.2) is 9.97 Å². The first-order chi connectivity index (χ1) is 12.8. The molecule has 0 fully saturated rings. The van der Waals surface area contributed by atoms with Crippen molar-refractivity contribution < 1.29 is 0 Å². The molecular formula is C21H17N5. The lowest BCUT2D eigenvalue weighted by Crippen LogP contribution is -2.00. The molecule has 2 N–H and O–H groups in total. The molecule has 26 heavy (non-hydrogen) atoms. The Morgan fingerprint density at radius 3 is 2.92 bits per heavy atom. The lowest BCUT2D eigenvalue weighted by atomic mass is 10.1. The number of rotatable bonds is 3. The molecule has 126 valence electrons. The van der Waals surface area contributed by atoms with Crippen LogP contribution < -0.4 is 5.32 Å². The lowest BCUT2D eigenvalue weighted by molar-refractivity contribution is 1.11. The standard InChI is InChI=1S/C21H17N5/c1-13-3-2-4-14(9-13)20-25-18-7-8-23-19(18)21(26-20)24-17-6-5-15-11-22-12-16(15)10-17/h2-10,12,23H,11H2,1H3,(H,24,25,26). The second-order valence-corrected chi connectivity index (χ2v) is 6.51. The average molecular weight is 339 g/mol. The van der Waals surface area contributed by atoms with Crippen LogP contribution in [-0.4, -0.2) is 21.2 Å². The van der Waals surface area contributed by atoms with Gasteiger partial charge < -0.3 is 10.3 Å². The number of nitrogens with zero attached hydrogens (tertiary/aromatic N) is 3. The van der Waals surface area contributed by atoms with Crippen LogP contribution in [0.25, 0.3) is 22.4 Å². The minimum atomic E-state index is 0.714. The van der Waals surface area contributed by atoms with Crippen LogP contribution in [0.4, 0.5) is 11.5 Å². The fourth-order valence-corrected chi connectivity index (χ4v) is 3.26. The van der Waals surface area contributed by atoms with E-state index in [0.29, 0.717) is 5.82 Å². The van der Waals surface area contributed by atoms with E-state index in [1.54, 1.807) is 0 Å². The van der Waals surface area contributed by atoms with Gasteiger partial charge in [0.1, 0.15) is 5.52 Å². The van der Waals surface area contributed by atoms with Gasteiger partial charge in [-0.15, -0.1) is 0 Å². The number of anilines is 2. The van der Waals surface area contributed by atoms with Crippen molar-refractivity contribution in [1.82, 2.24) is 15.0 Å². The number of hydrogen-bond donors (Lipinski definition) is 2. The van der Waals surface area contributed by atoms with Crippen molar-refractivity contribution in [3.05, 3.63) is 71.4 Å². The molecule has 0 saturated heterocycles. The molecule has 5 heteroatoms. The van der Waals surface area contributed by atoms with E-state index in [9.17, 15) is 0 Å². The predicted molar refractivity (Wildman–Crippen MR) is 105 cm³/mol. The van der Waals surface area contributed by atoms with Crippen molar-refractivity contribution in [3.8, 4) is 11.4 Å². The van der Waals surface area contributed by atoms with Gasteiger partial charge in [-0.2, -0.15) is 0 Å². The van der Waals surface area contributed by atoms with Gasteiger partial charge in [0, 0.05) is 23.7 Å².